The van der Waals surface area contributed by atoms with Crippen LogP contribution < -0.4 is 77.4 Å². The first-order chi connectivity index (χ1) is 32.8. The predicted molar refractivity (Wildman–Crippen MR) is 253 cm³/mol. The number of rotatable bonds is 32. The van der Waals surface area contributed by atoms with Crippen LogP contribution in [0.5, 0.6) is 0 Å². The molecule has 1 aliphatic rings. The van der Waals surface area contributed by atoms with E-state index in [9.17, 15) is 58.2 Å². The van der Waals surface area contributed by atoms with Crippen molar-refractivity contribution in [1.29, 1.82) is 0 Å². The lowest BCUT2D eigenvalue weighted by atomic mass is 10.0. The quantitative estimate of drug-likeness (QED) is 0.0169. The zero-order valence-corrected chi connectivity index (χ0v) is 39.7. The molecule has 30 nitrogen and oxygen atoms in total. The standard InChI is InChI=1S/C40H72N18O12/c1-20(2)16-25(56-31(63)21(3)41)34(66)57-26(17-30(61)62)35(67)54-23(9-5-13-49-39(44)45)33(65)53-22(8-4-12-48-38(42)43)32(64)52-18-28(59)51-19-29(60)58-15-7-11-27(58)36(68)55-24(37(69)70)10-6-14-50-40(46)47/h20-27H,4-19,41H2,1-3H3,(H,51,59)(H,52,64)(H,53,65)(H,54,67)(H,55,68)(H,56,63)(H,57,66)(H,61,62)(H,69,70)(H4,42,43,48)(H4,44,45,49)(H4,46,47,50)/t21-,22-,23-,24-,25-,26-,27-/m0/s1. The van der Waals surface area contributed by atoms with Gasteiger partial charge >= 0.3 is 11.9 Å². The summed E-state index contributed by atoms with van der Waals surface area (Å²) < 4.78 is 0. The maximum absolute atomic E-state index is 13.9. The Morgan fingerprint density at radius 2 is 1.04 bits per heavy atom. The average molecular weight is 997 g/mol. The van der Waals surface area contributed by atoms with Crippen molar-refractivity contribution in [3.05, 3.63) is 0 Å². The summed E-state index contributed by atoms with van der Waals surface area (Å²) in [6, 6.07) is -9.17. The third-order valence-corrected chi connectivity index (χ3v) is 10.2. The van der Waals surface area contributed by atoms with E-state index in [0.29, 0.717) is 6.42 Å². The number of amides is 8. The Bertz CT molecular complexity index is 1920. The van der Waals surface area contributed by atoms with Crippen LogP contribution in [-0.4, -0.2) is 174 Å². The monoisotopic (exact) mass is 997 g/mol. The minimum absolute atomic E-state index is 0.00776. The molecule has 0 radical (unpaired) electrons. The van der Waals surface area contributed by atoms with Crippen molar-refractivity contribution in [3.63, 3.8) is 0 Å². The molecule has 1 aliphatic heterocycles. The zero-order chi connectivity index (χ0) is 53.1. The lowest BCUT2D eigenvalue weighted by Gasteiger charge is -2.26. The molecule has 0 aromatic rings. The molecule has 30 heteroatoms. The highest BCUT2D eigenvalue weighted by molar-refractivity contribution is 5.98. The van der Waals surface area contributed by atoms with Gasteiger partial charge in [0.15, 0.2) is 17.9 Å². The lowest BCUT2D eigenvalue weighted by molar-refractivity contribution is -0.144. The molecule has 1 heterocycles. The van der Waals surface area contributed by atoms with E-state index in [1.54, 1.807) is 13.8 Å². The third-order valence-electron chi connectivity index (χ3n) is 10.2. The number of nitrogens with zero attached hydrogens (tertiary/aromatic N) is 4. The summed E-state index contributed by atoms with van der Waals surface area (Å²) in [7, 11) is 0. The number of likely N-dealkylation sites (tertiary alicyclic amines) is 1. The van der Waals surface area contributed by atoms with Crippen LogP contribution in [0, 0.1) is 5.92 Å². The zero-order valence-electron chi connectivity index (χ0n) is 39.7. The van der Waals surface area contributed by atoms with Gasteiger partial charge in [0.1, 0.15) is 36.3 Å². The summed E-state index contributed by atoms with van der Waals surface area (Å²) in [5.74, 6) is -10.4. The molecule has 23 N–H and O–H groups in total. The molecule has 70 heavy (non-hydrogen) atoms. The van der Waals surface area contributed by atoms with E-state index in [2.05, 4.69) is 52.2 Å². The predicted octanol–water partition coefficient (Wildman–Crippen LogP) is -7.25. The van der Waals surface area contributed by atoms with Crippen molar-refractivity contribution in [3.8, 4) is 0 Å². The Kier molecular flexibility index (Phi) is 27.2. The van der Waals surface area contributed by atoms with E-state index in [1.807, 2.05) is 0 Å². The van der Waals surface area contributed by atoms with Crippen molar-refractivity contribution < 1.29 is 58.2 Å². The molecular formula is C40H72N18O12. The lowest BCUT2D eigenvalue weighted by Crippen LogP contribution is -2.59. The van der Waals surface area contributed by atoms with Crippen LogP contribution in [-0.2, 0) is 47.9 Å². The number of aliphatic imine (C=N–C) groups is 3. The second-order valence-electron chi connectivity index (χ2n) is 16.7. The van der Waals surface area contributed by atoms with Gasteiger partial charge in [0.2, 0.25) is 47.3 Å². The minimum atomic E-state index is -1.76. The summed E-state index contributed by atoms with van der Waals surface area (Å²) in [6.45, 7) is 3.89. The highest BCUT2D eigenvalue weighted by Gasteiger charge is 2.36. The maximum Gasteiger partial charge on any atom is 0.326 e. The second-order valence-corrected chi connectivity index (χ2v) is 16.7. The Labute approximate surface area is 404 Å². The van der Waals surface area contributed by atoms with Crippen LogP contribution in [0.25, 0.3) is 0 Å². The van der Waals surface area contributed by atoms with Gasteiger partial charge in [-0.25, -0.2) is 4.79 Å². The van der Waals surface area contributed by atoms with Gasteiger partial charge in [-0.15, -0.1) is 0 Å². The largest absolute Gasteiger partial charge is 0.481 e. The first-order valence-corrected chi connectivity index (χ1v) is 22.5. The molecule has 1 saturated heterocycles. The number of nitrogens with one attached hydrogen (secondary N) is 7. The summed E-state index contributed by atoms with van der Waals surface area (Å²) in [5.41, 5.74) is 37.9. The molecule has 0 aromatic carbocycles. The summed E-state index contributed by atoms with van der Waals surface area (Å²) >= 11 is 0. The van der Waals surface area contributed by atoms with E-state index in [0.717, 1.165) is 0 Å². The summed E-state index contributed by atoms with van der Waals surface area (Å²) in [5, 5.41) is 36.2. The molecule has 0 unspecified atom stereocenters. The van der Waals surface area contributed by atoms with Crippen LogP contribution in [0.2, 0.25) is 0 Å². The van der Waals surface area contributed by atoms with Gasteiger partial charge in [-0.1, -0.05) is 13.8 Å². The van der Waals surface area contributed by atoms with Crippen molar-refractivity contribution in [2.24, 2.45) is 61.0 Å². The van der Waals surface area contributed by atoms with Crippen molar-refractivity contribution in [1.82, 2.24) is 42.1 Å². The van der Waals surface area contributed by atoms with Crippen LogP contribution >= 0.6 is 0 Å². The van der Waals surface area contributed by atoms with Gasteiger partial charge in [0.25, 0.3) is 0 Å². The number of carboxylic acids is 2. The minimum Gasteiger partial charge on any atom is -0.481 e. The second kappa shape index (κ2) is 31.5. The van der Waals surface area contributed by atoms with Gasteiger partial charge in [-0.05, 0) is 70.6 Å². The Hall–Kier alpha value is -7.53. The first kappa shape index (κ1) is 60.5. The maximum atomic E-state index is 13.9. The number of aliphatic carboxylic acids is 2. The van der Waals surface area contributed by atoms with Gasteiger partial charge in [0.05, 0.1) is 25.6 Å². The molecule has 7 atom stereocenters. The molecule has 8 amide bonds. The van der Waals surface area contributed by atoms with Crippen molar-refractivity contribution >= 4 is 77.1 Å². The Morgan fingerprint density at radius 1 is 0.586 bits per heavy atom. The van der Waals surface area contributed by atoms with Gasteiger partial charge in [0, 0.05) is 26.2 Å². The average Bonchev–Trinajstić information content (AvgIpc) is 3.77. The topological polar surface area (TPSA) is 518 Å². The Balaban J connectivity index is 3.19. The van der Waals surface area contributed by atoms with Crippen LogP contribution in [0.15, 0.2) is 15.0 Å². The van der Waals surface area contributed by atoms with E-state index in [-0.39, 0.29) is 101 Å². The van der Waals surface area contributed by atoms with Crippen LogP contribution in [0.3, 0.4) is 0 Å². The van der Waals surface area contributed by atoms with E-state index in [4.69, 9.17) is 40.1 Å². The highest BCUT2D eigenvalue weighted by Crippen LogP contribution is 2.18. The molecular weight excluding hydrogens is 925 g/mol. The molecule has 0 aromatic heterocycles. The molecule has 0 aliphatic carbocycles. The smallest absolute Gasteiger partial charge is 0.326 e. The van der Waals surface area contributed by atoms with E-state index in [1.165, 1.54) is 11.8 Å². The summed E-state index contributed by atoms with van der Waals surface area (Å²) in [4.78, 5) is 142. The van der Waals surface area contributed by atoms with Gasteiger partial charge in [-0.3, -0.25) is 58.1 Å². The molecule has 1 fully saturated rings. The number of carbonyl (C=O) groups excluding carboxylic acids is 8. The van der Waals surface area contributed by atoms with Crippen LogP contribution in [0.1, 0.15) is 85.0 Å². The Morgan fingerprint density at radius 3 is 1.51 bits per heavy atom. The SMILES string of the molecule is CC(C)C[C@H](NC(=O)[C@H](C)N)C(=O)N[C@@H](CC(=O)O)C(=O)N[C@@H](CCCN=C(N)N)C(=O)N[C@@H](CCCN=C(N)N)C(=O)NCC(=O)NCC(=O)N1CCC[C@H]1C(=O)N[C@@H](CCCN=C(N)N)C(=O)O. The highest BCUT2D eigenvalue weighted by atomic mass is 16.4. The fourth-order valence-electron chi connectivity index (χ4n) is 6.75. The van der Waals surface area contributed by atoms with Gasteiger partial charge < -0.3 is 92.5 Å². The number of hydrogen-bond donors (Lipinski definition) is 16. The van der Waals surface area contributed by atoms with Crippen molar-refractivity contribution in [2.75, 3.05) is 39.3 Å². The third kappa shape index (κ3) is 24.5. The molecule has 0 saturated carbocycles. The normalized spacial score (nSPS) is 15.5. The molecule has 0 bridgehead atoms. The van der Waals surface area contributed by atoms with E-state index < -0.39 is 121 Å². The number of carbonyl (C=O) groups is 10. The van der Waals surface area contributed by atoms with Crippen LogP contribution in [0.4, 0.5) is 0 Å². The van der Waals surface area contributed by atoms with E-state index >= 15 is 0 Å². The fraction of sp³-hybridized carbons (Fsp3) is 0.675. The molecule has 394 valence electrons. The molecule has 0 spiro atoms. The number of carboxylic acid groups (broad SMARTS) is 2. The van der Waals surface area contributed by atoms with Gasteiger partial charge in [-0.2, -0.15) is 0 Å². The summed E-state index contributed by atoms with van der Waals surface area (Å²) in [6.07, 6.45) is -0.0691. The fourth-order valence-corrected chi connectivity index (χ4v) is 6.75. The number of hydrogen-bond acceptors (Lipinski definition) is 14. The van der Waals surface area contributed by atoms with Crippen molar-refractivity contribution in [2.45, 2.75) is 127 Å². The first-order valence-electron chi connectivity index (χ1n) is 22.5. The molecule has 1 rings (SSSR count). The number of nitrogens with two attached hydrogens (primary N) is 7. The number of guanidine groups is 3.